The van der Waals surface area contributed by atoms with Crippen molar-refractivity contribution in [3.63, 3.8) is 0 Å². The quantitative estimate of drug-likeness (QED) is 0.875. The van der Waals surface area contributed by atoms with Gasteiger partial charge in [-0.25, -0.2) is 9.37 Å². The summed E-state index contributed by atoms with van der Waals surface area (Å²) >= 11 is 3.28. The van der Waals surface area contributed by atoms with Crippen molar-refractivity contribution in [1.29, 1.82) is 0 Å². The predicted molar refractivity (Wildman–Crippen MR) is 85.2 cm³/mol. The number of pyridine rings is 1. The molecule has 2 N–H and O–H groups in total. The summed E-state index contributed by atoms with van der Waals surface area (Å²) in [6.07, 6.45) is 1.60. The molecule has 1 heterocycles. The van der Waals surface area contributed by atoms with Gasteiger partial charge in [0, 0.05) is 17.2 Å². The minimum Gasteiger partial charge on any atom is -0.370 e. The third-order valence-corrected chi connectivity index (χ3v) is 3.25. The van der Waals surface area contributed by atoms with Gasteiger partial charge in [-0.3, -0.25) is 4.79 Å². The third-order valence-electron chi connectivity index (χ3n) is 2.81. The van der Waals surface area contributed by atoms with Crippen LogP contribution in [0.5, 0.6) is 0 Å². The molecule has 1 aromatic heterocycles. The fraction of sp³-hybridized carbons (Fsp3) is 0.200. The second kappa shape index (κ2) is 6.67. The van der Waals surface area contributed by atoms with E-state index >= 15 is 0 Å². The molecule has 0 saturated heterocycles. The molecule has 110 valence electrons. The van der Waals surface area contributed by atoms with E-state index in [1.54, 1.807) is 24.4 Å². The van der Waals surface area contributed by atoms with Gasteiger partial charge in [0.1, 0.15) is 11.6 Å². The average molecular weight is 352 g/mol. The van der Waals surface area contributed by atoms with Crippen molar-refractivity contribution in [3.05, 3.63) is 51.9 Å². The van der Waals surface area contributed by atoms with Crippen molar-refractivity contribution < 1.29 is 9.18 Å². The van der Waals surface area contributed by atoms with Crippen LogP contribution in [0.1, 0.15) is 22.8 Å². The lowest BCUT2D eigenvalue weighted by atomic mass is 10.2. The first-order chi connectivity index (χ1) is 10.0. The van der Waals surface area contributed by atoms with E-state index in [-0.39, 0.29) is 5.69 Å². The summed E-state index contributed by atoms with van der Waals surface area (Å²) in [4.78, 5) is 16.5. The topological polar surface area (TPSA) is 54.0 Å². The zero-order chi connectivity index (χ0) is 15.4. The van der Waals surface area contributed by atoms with Crippen molar-refractivity contribution in [2.75, 3.05) is 17.2 Å². The van der Waals surface area contributed by atoms with E-state index in [4.69, 9.17) is 0 Å². The van der Waals surface area contributed by atoms with Gasteiger partial charge in [0.25, 0.3) is 5.91 Å². The molecule has 2 aromatic rings. The van der Waals surface area contributed by atoms with E-state index in [1.165, 1.54) is 6.07 Å². The van der Waals surface area contributed by atoms with Gasteiger partial charge in [0.2, 0.25) is 0 Å². The standard InChI is InChI=1S/C15H15BrFN3O/c1-3-18-14-11(7-10(16)8-19-14)15(21)20-13-6-9(2)4-5-12(13)17/h4-8H,3H2,1-2H3,(H,18,19)(H,20,21). The molecule has 0 bridgehead atoms. The van der Waals surface area contributed by atoms with Crippen molar-refractivity contribution in [2.45, 2.75) is 13.8 Å². The van der Waals surface area contributed by atoms with Crippen LogP contribution in [0.15, 0.2) is 34.9 Å². The molecule has 4 nitrogen and oxygen atoms in total. The largest absolute Gasteiger partial charge is 0.370 e. The molecule has 1 amide bonds. The highest BCUT2D eigenvalue weighted by molar-refractivity contribution is 9.10. The van der Waals surface area contributed by atoms with Crippen molar-refractivity contribution in [1.82, 2.24) is 4.98 Å². The van der Waals surface area contributed by atoms with Gasteiger partial charge in [0.05, 0.1) is 11.3 Å². The summed E-state index contributed by atoms with van der Waals surface area (Å²) in [6, 6.07) is 6.21. The molecule has 1 aromatic carbocycles. The number of aryl methyl sites for hydroxylation is 1. The van der Waals surface area contributed by atoms with Crippen molar-refractivity contribution in [3.8, 4) is 0 Å². The minimum absolute atomic E-state index is 0.155. The van der Waals surface area contributed by atoms with Crippen LogP contribution in [0.3, 0.4) is 0 Å². The number of aromatic nitrogens is 1. The number of hydrogen-bond donors (Lipinski definition) is 2. The molecule has 0 atom stereocenters. The Morgan fingerprint density at radius 2 is 2.14 bits per heavy atom. The summed E-state index contributed by atoms with van der Waals surface area (Å²) in [6.45, 7) is 4.37. The lowest BCUT2D eigenvalue weighted by Gasteiger charge is -2.11. The molecule has 0 aliphatic heterocycles. The van der Waals surface area contributed by atoms with Gasteiger partial charge >= 0.3 is 0 Å². The maximum atomic E-state index is 13.7. The predicted octanol–water partition coefficient (Wildman–Crippen LogP) is 3.98. The molecule has 0 aliphatic rings. The molecule has 0 saturated carbocycles. The highest BCUT2D eigenvalue weighted by Crippen LogP contribution is 2.21. The van der Waals surface area contributed by atoms with Crippen LogP contribution in [0, 0.1) is 12.7 Å². The summed E-state index contributed by atoms with van der Waals surface area (Å²) in [7, 11) is 0. The molecule has 2 rings (SSSR count). The Bertz CT molecular complexity index is 676. The van der Waals surface area contributed by atoms with Crippen LogP contribution in [0.25, 0.3) is 0 Å². The lowest BCUT2D eigenvalue weighted by Crippen LogP contribution is -2.16. The second-order valence-electron chi connectivity index (χ2n) is 4.52. The molecule has 0 fully saturated rings. The molecule has 21 heavy (non-hydrogen) atoms. The number of anilines is 2. The fourth-order valence-corrected chi connectivity index (χ4v) is 2.18. The van der Waals surface area contributed by atoms with Crippen LogP contribution in [0.4, 0.5) is 15.9 Å². The van der Waals surface area contributed by atoms with Gasteiger partial charge in [0.15, 0.2) is 0 Å². The van der Waals surface area contributed by atoms with Crippen molar-refractivity contribution >= 4 is 33.3 Å². The van der Waals surface area contributed by atoms with E-state index in [1.807, 2.05) is 13.8 Å². The Kier molecular flexibility index (Phi) is 4.90. The van der Waals surface area contributed by atoms with Gasteiger partial charge in [-0.15, -0.1) is 0 Å². The van der Waals surface area contributed by atoms with E-state index in [9.17, 15) is 9.18 Å². The number of carbonyl (C=O) groups excluding carboxylic acids is 1. The lowest BCUT2D eigenvalue weighted by molar-refractivity contribution is 0.102. The number of amides is 1. The zero-order valence-corrected chi connectivity index (χ0v) is 13.3. The SMILES string of the molecule is CCNc1ncc(Br)cc1C(=O)Nc1cc(C)ccc1F. The second-order valence-corrected chi connectivity index (χ2v) is 5.43. The van der Waals surface area contributed by atoms with Gasteiger partial charge in [-0.1, -0.05) is 6.07 Å². The van der Waals surface area contributed by atoms with Crippen LogP contribution in [-0.2, 0) is 0 Å². The Hall–Kier alpha value is -1.95. The van der Waals surface area contributed by atoms with E-state index in [2.05, 4.69) is 31.5 Å². The normalized spacial score (nSPS) is 10.3. The van der Waals surface area contributed by atoms with Gasteiger partial charge in [-0.05, 0) is 53.5 Å². The molecular formula is C15H15BrFN3O. The summed E-state index contributed by atoms with van der Waals surface area (Å²) < 4.78 is 14.4. The minimum atomic E-state index is -0.470. The fourth-order valence-electron chi connectivity index (χ4n) is 1.85. The van der Waals surface area contributed by atoms with E-state index in [0.717, 1.165) is 5.56 Å². The third kappa shape index (κ3) is 3.78. The number of rotatable bonds is 4. The number of halogens is 2. The molecule has 0 aliphatic carbocycles. The molecular weight excluding hydrogens is 337 g/mol. The Labute approximate surface area is 130 Å². The molecule has 0 radical (unpaired) electrons. The molecule has 6 heteroatoms. The number of carbonyl (C=O) groups is 1. The first kappa shape index (κ1) is 15.4. The maximum Gasteiger partial charge on any atom is 0.259 e. The Morgan fingerprint density at radius 3 is 2.86 bits per heavy atom. The van der Waals surface area contributed by atoms with Crippen LogP contribution >= 0.6 is 15.9 Å². The van der Waals surface area contributed by atoms with Crippen LogP contribution in [0.2, 0.25) is 0 Å². The first-order valence-electron chi connectivity index (χ1n) is 6.48. The summed E-state index contributed by atoms with van der Waals surface area (Å²) in [5, 5.41) is 5.59. The molecule has 0 unspecified atom stereocenters. The van der Waals surface area contributed by atoms with E-state index < -0.39 is 11.7 Å². The van der Waals surface area contributed by atoms with Crippen LogP contribution in [-0.4, -0.2) is 17.4 Å². The summed E-state index contributed by atoms with van der Waals surface area (Å²) in [5.74, 6) is -0.419. The monoisotopic (exact) mass is 351 g/mol. The zero-order valence-electron chi connectivity index (χ0n) is 11.7. The number of hydrogen-bond acceptors (Lipinski definition) is 3. The highest BCUT2D eigenvalue weighted by Gasteiger charge is 2.15. The average Bonchev–Trinajstić information content (AvgIpc) is 2.45. The summed E-state index contributed by atoms with van der Waals surface area (Å²) in [5.41, 5.74) is 1.38. The number of nitrogens with zero attached hydrogens (tertiary/aromatic N) is 1. The van der Waals surface area contributed by atoms with Crippen molar-refractivity contribution in [2.24, 2.45) is 0 Å². The van der Waals surface area contributed by atoms with Crippen LogP contribution < -0.4 is 10.6 Å². The smallest absolute Gasteiger partial charge is 0.259 e. The van der Waals surface area contributed by atoms with Gasteiger partial charge in [-0.2, -0.15) is 0 Å². The Balaban J connectivity index is 2.31. The Morgan fingerprint density at radius 1 is 1.38 bits per heavy atom. The number of benzene rings is 1. The highest BCUT2D eigenvalue weighted by atomic mass is 79.9. The maximum absolute atomic E-state index is 13.7. The van der Waals surface area contributed by atoms with E-state index in [0.29, 0.717) is 22.4 Å². The first-order valence-corrected chi connectivity index (χ1v) is 7.27. The number of nitrogens with one attached hydrogen (secondary N) is 2. The van der Waals surface area contributed by atoms with Gasteiger partial charge < -0.3 is 10.6 Å². The molecule has 0 spiro atoms.